The third-order valence-corrected chi connectivity index (χ3v) is 9.09. The molecule has 34 heavy (non-hydrogen) atoms. The van der Waals surface area contributed by atoms with E-state index in [1.54, 1.807) is 0 Å². The van der Waals surface area contributed by atoms with Crippen LogP contribution in [0, 0.1) is 0 Å². The molecule has 0 N–H and O–H groups in total. The molecule has 0 unspecified atom stereocenters. The lowest BCUT2D eigenvalue weighted by Crippen LogP contribution is -2.09. The summed E-state index contributed by atoms with van der Waals surface area (Å²) in [6.45, 7) is 0. The smallest absolute Gasteiger partial charge is 0.0427 e. The second-order valence-corrected chi connectivity index (χ2v) is 11.1. The normalized spacial score (nSPS) is 12.0. The Morgan fingerprint density at radius 3 is 1.32 bits per heavy atom. The van der Waals surface area contributed by atoms with Gasteiger partial charge in [-0.25, -0.2) is 0 Å². The molecule has 6 aromatic rings. The lowest BCUT2D eigenvalue weighted by atomic mass is 9.73. The minimum absolute atomic E-state index is 1.08. The predicted octanol–water partition coefficient (Wildman–Crippen LogP) is 9.33. The number of hydrogen-bond acceptors (Lipinski definition) is 2. The van der Waals surface area contributed by atoms with Crippen molar-refractivity contribution in [3.63, 3.8) is 0 Å². The Hall–Kier alpha value is -3.20. The Labute approximate surface area is 208 Å². The van der Waals surface area contributed by atoms with Crippen molar-refractivity contribution in [3.05, 3.63) is 118 Å². The molecule has 164 valence electrons. The van der Waals surface area contributed by atoms with E-state index in [0.717, 1.165) is 25.7 Å². The molecule has 4 aromatic carbocycles. The second-order valence-electron chi connectivity index (χ2n) is 9.22. The summed E-state index contributed by atoms with van der Waals surface area (Å²) in [5, 5.41) is 7.32. The Morgan fingerprint density at radius 2 is 0.882 bits per heavy atom. The number of hydrogen-bond donors (Lipinski definition) is 0. The SMILES string of the molecule is c1ccc(CCc2cc3ccsc3c3c2-c2c-3c(CCc3ccccc3)cc3ccsc23)cc1. The number of rotatable bonds is 6. The van der Waals surface area contributed by atoms with Crippen molar-refractivity contribution < 1.29 is 0 Å². The van der Waals surface area contributed by atoms with Crippen molar-refractivity contribution in [2.75, 3.05) is 0 Å². The first-order valence-electron chi connectivity index (χ1n) is 12.0. The zero-order chi connectivity index (χ0) is 22.5. The summed E-state index contributed by atoms with van der Waals surface area (Å²) in [7, 11) is 0. The molecule has 0 saturated carbocycles. The average Bonchev–Trinajstić information content (AvgIpc) is 3.52. The molecule has 0 nitrogen and oxygen atoms in total. The molecule has 2 heteroatoms. The maximum atomic E-state index is 2.46. The summed E-state index contributed by atoms with van der Waals surface area (Å²) < 4.78 is 2.92. The van der Waals surface area contributed by atoms with Gasteiger partial charge in [-0.1, -0.05) is 60.7 Å². The van der Waals surface area contributed by atoms with E-state index >= 15 is 0 Å². The van der Waals surface area contributed by atoms with Crippen LogP contribution in [0.15, 0.2) is 95.7 Å². The van der Waals surface area contributed by atoms with Gasteiger partial charge < -0.3 is 0 Å². The molecule has 0 atom stereocenters. The molecule has 0 amide bonds. The lowest BCUT2D eigenvalue weighted by molar-refractivity contribution is 0.955. The summed E-state index contributed by atoms with van der Waals surface area (Å²) in [4.78, 5) is 0. The Balaban J connectivity index is 1.36. The molecule has 0 fully saturated rings. The third kappa shape index (κ3) is 3.25. The molecule has 0 spiro atoms. The molecule has 7 rings (SSSR count). The predicted molar refractivity (Wildman–Crippen MR) is 149 cm³/mol. The molecule has 0 radical (unpaired) electrons. The van der Waals surface area contributed by atoms with E-state index in [2.05, 4.69) is 95.7 Å². The van der Waals surface area contributed by atoms with Crippen LogP contribution in [0.1, 0.15) is 22.3 Å². The van der Waals surface area contributed by atoms with Crippen LogP contribution in [-0.4, -0.2) is 0 Å². The highest BCUT2D eigenvalue weighted by Gasteiger charge is 2.33. The molecule has 2 aromatic heterocycles. The van der Waals surface area contributed by atoms with Crippen LogP contribution in [0.5, 0.6) is 0 Å². The molecule has 1 aliphatic carbocycles. The Kier molecular flexibility index (Phi) is 4.89. The van der Waals surface area contributed by atoms with Gasteiger partial charge in [-0.05, 0) is 105 Å². The van der Waals surface area contributed by atoms with Crippen LogP contribution in [0.2, 0.25) is 0 Å². The lowest BCUT2D eigenvalue weighted by Gasteiger charge is -2.31. The van der Waals surface area contributed by atoms with E-state index in [0.29, 0.717) is 0 Å². The Bertz CT molecular complexity index is 1500. The summed E-state index contributed by atoms with van der Waals surface area (Å²) in [5.74, 6) is 0. The van der Waals surface area contributed by atoms with Crippen LogP contribution in [0.25, 0.3) is 42.4 Å². The fraction of sp³-hybridized carbons (Fsp3) is 0.125. The fourth-order valence-corrected chi connectivity index (χ4v) is 7.44. The van der Waals surface area contributed by atoms with Gasteiger partial charge >= 0.3 is 0 Å². The highest BCUT2D eigenvalue weighted by Crippen LogP contribution is 2.58. The standard InChI is InChI=1S/C32H24S2/c1-3-7-21(8-4-1)11-13-23-19-25-15-17-33-31(25)29-27(23)30-28(29)24(20-26-16-18-34-32(26)30)14-12-22-9-5-2-6-10-22/h1-10,15-20H,11-14H2. The van der Waals surface area contributed by atoms with Crippen molar-refractivity contribution >= 4 is 42.8 Å². The van der Waals surface area contributed by atoms with Gasteiger partial charge in [0, 0.05) is 20.5 Å². The number of thiophene rings is 2. The third-order valence-electron chi connectivity index (χ3n) is 7.20. The quantitative estimate of drug-likeness (QED) is 0.226. The molecule has 0 saturated heterocycles. The van der Waals surface area contributed by atoms with Gasteiger partial charge in [0.1, 0.15) is 0 Å². The maximum absolute atomic E-state index is 2.46. The molecular weight excluding hydrogens is 448 g/mol. The minimum Gasteiger partial charge on any atom is -0.143 e. The van der Waals surface area contributed by atoms with Gasteiger partial charge in [-0.3, -0.25) is 0 Å². The summed E-state index contributed by atoms with van der Waals surface area (Å²) >= 11 is 3.80. The van der Waals surface area contributed by atoms with E-state index in [1.807, 2.05) is 22.7 Å². The summed E-state index contributed by atoms with van der Waals surface area (Å²) in [5.41, 5.74) is 11.9. The van der Waals surface area contributed by atoms with Crippen molar-refractivity contribution in [1.29, 1.82) is 0 Å². The molecule has 2 heterocycles. The van der Waals surface area contributed by atoms with E-state index in [-0.39, 0.29) is 0 Å². The van der Waals surface area contributed by atoms with Crippen LogP contribution >= 0.6 is 22.7 Å². The number of aryl methyl sites for hydroxylation is 4. The summed E-state index contributed by atoms with van der Waals surface area (Å²) in [6, 6.07) is 31.4. The fourth-order valence-electron chi connectivity index (χ4n) is 5.57. The van der Waals surface area contributed by atoms with Crippen LogP contribution in [0.3, 0.4) is 0 Å². The van der Waals surface area contributed by atoms with Crippen LogP contribution in [0.4, 0.5) is 0 Å². The van der Waals surface area contributed by atoms with Crippen molar-refractivity contribution in [2.24, 2.45) is 0 Å². The first-order valence-corrected chi connectivity index (χ1v) is 13.8. The van der Waals surface area contributed by atoms with Crippen molar-refractivity contribution in [2.45, 2.75) is 25.7 Å². The zero-order valence-electron chi connectivity index (χ0n) is 18.9. The van der Waals surface area contributed by atoms with Crippen LogP contribution < -0.4 is 0 Å². The molecule has 0 bridgehead atoms. The molecule has 0 aliphatic heterocycles. The topological polar surface area (TPSA) is 0 Å². The largest absolute Gasteiger partial charge is 0.143 e. The Morgan fingerprint density at radius 1 is 0.441 bits per heavy atom. The first-order chi connectivity index (χ1) is 16.9. The van der Waals surface area contributed by atoms with Gasteiger partial charge in [0.15, 0.2) is 0 Å². The highest BCUT2D eigenvalue weighted by atomic mass is 32.1. The van der Waals surface area contributed by atoms with E-state index in [1.165, 1.54) is 64.7 Å². The summed E-state index contributed by atoms with van der Waals surface area (Å²) in [6.07, 6.45) is 4.33. The zero-order valence-corrected chi connectivity index (χ0v) is 20.5. The van der Waals surface area contributed by atoms with Crippen molar-refractivity contribution in [1.82, 2.24) is 0 Å². The van der Waals surface area contributed by atoms with Gasteiger partial charge in [-0.2, -0.15) is 0 Å². The van der Waals surface area contributed by atoms with Gasteiger partial charge in [0.2, 0.25) is 0 Å². The number of benzene rings is 4. The van der Waals surface area contributed by atoms with Gasteiger partial charge in [0.05, 0.1) is 0 Å². The highest BCUT2D eigenvalue weighted by molar-refractivity contribution is 7.18. The molecular formula is C32H24S2. The van der Waals surface area contributed by atoms with E-state index in [9.17, 15) is 0 Å². The first kappa shape index (κ1) is 20.2. The monoisotopic (exact) mass is 472 g/mol. The van der Waals surface area contributed by atoms with Crippen molar-refractivity contribution in [3.8, 4) is 22.3 Å². The average molecular weight is 473 g/mol. The molecule has 1 aliphatic rings. The van der Waals surface area contributed by atoms with E-state index < -0.39 is 0 Å². The van der Waals surface area contributed by atoms with Crippen LogP contribution in [-0.2, 0) is 25.7 Å². The van der Waals surface area contributed by atoms with Gasteiger partial charge in [-0.15, -0.1) is 22.7 Å². The van der Waals surface area contributed by atoms with E-state index in [4.69, 9.17) is 0 Å². The number of fused-ring (bicyclic) bond motifs is 8. The maximum Gasteiger partial charge on any atom is 0.0427 e. The second kappa shape index (κ2) is 8.23. The van der Waals surface area contributed by atoms with Gasteiger partial charge in [0.25, 0.3) is 0 Å². The minimum atomic E-state index is 1.08.